The van der Waals surface area contributed by atoms with Crippen LogP contribution in [0.3, 0.4) is 0 Å². The van der Waals surface area contributed by atoms with E-state index in [9.17, 15) is 19.2 Å². The van der Waals surface area contributed by atoms with Gasteiger partial charge < -0.3 is 20.2 Å². The van der Waals surface area contributed by atoms with E-state index in [-0.39, 0.29) is 23.8 Å². The monoisotopic (exact) mass is 584 g/mol. The van der Waals surface area contributed by atoms with Crippen molar-refractivity contribution in [3.05, 3.63) is 94.3 Å². The number of hydrogen-bond acceptors (Lipinski definition) is 7. The number of anilines is 1. The Bertz CT molecular complexity index is 1490. The maximum Gasteiger partial charge on any atom is 0.328 e. The fourth-order valence-electron chi connectivity index (χ4n) is 5.55. The molecule has 0 saturated carbocycles. The van der Waals surface area contributed by atoms with E-state index in [1.54, 1.807) is 19.9 Å². The van der Waals surface area contributed by atoms with Crippen LogP contribution in [0.15, 0.2) is 54.9 Å². The highest BCUT2D eigenvalue weighted by atomic mass is 19.1. The number of aliphatic carboxylic acids is 1. The number of nitrogens with zero attached hydrogens (tertiary/aromatic N) is 5. The number of nitrogens with one attached hydrogen (secondary N) is 1. The van der Waals surface area contributed by atoms with Gasteiger partial charge in [0.1, 0.15) is 12.1 Å². The lowest BCUT2D eigenvalue weighted by Gasteiger charge is -2.42. The lowest BCUT2D eigenvalue weighted by Crippen LogP contribution is -2.48. The zero-order valence-corrected chi connectivity index (χ0v) is 24.8. The number of piperidine rings is 1. The number of carboxylic acid groups (broad SMARTS) is 1. The molecule has 10 heteroatoms. The third-order valence-corrected chi connectivity index (χ3v) is 8.02. The highest BCUT2D eigenvalue weighted by molar-refractivity contribution is 5.96. The predicted octanol–water partition coefficient (Wildman–Crippen LogP) is 4.88. The summed E-state index contributed by atoms with van der Waals surface area (Å²) < 4.78 is 14.8. The summed E-state index contributed by atoms with van der Waals surface area (Å²) in [5.74, 6) is -1.53. The summed E-state index contributed by atoms with van der Waals surface area (Å²) in [6, 6.07) is 14.4. The van der Waals surface area contributed by atoms with Crippen molar-refractivity contribution in [2.75, 3.05) is 24.5 Å². The number of benzene rings is 2. The molecule has 1 unspecified atom stereocenters. The second-order valence-electron chi connectivity index (χ2n) is 10.9. The third kappa shape index (κ3) is 8.23. The number of carbonyl (C=O) groups excluding carboxylic acids is 1. The average Bonchev–Trinajstić information content (AvgIpc) is 3.00. The Morgan fingerprint density at radius 2 is 1.84 bits per heavy atom. The topological polar surface area (TPSA) is 122 Å². The SMILES string of the molecule is Cc1ncnc(C)c1C(=O)NCCC(C)N1CCC(N(Cc2cc(C#N)ccc2F)c2ccc(/C=C/C(=O)O)cc2)CC1. The largest absolute Gasteiger partial charge is 0.478 e. The van der Waals surface area contributed by atoms with E-state index in [1.165, 1.54) is 24.5 Å². The summed E-state index contributed by atoms with van der Waals surface area (Å²) in [6.45, 7) is 8.32. The van der Waals surface area contributed by atoms with E-state index in [1.807, 2.05) is 24.3 Å². The van der Waals surface area contributed by atoms with Crippen LogP contribution in [0.25, 0.3) is 6.08 Å². The molecule has 1 fully saturated rings. The third-order valence-electron chi connectivity index (χ3n) is 8.02. The lowest BCUT2D eigenvalue weighted by molar-refractivity contribution is -0.131. The fourth-order valence-corrected chi connectivity index (χ4v) is 5.55. The van der Waals surface area contributed by atoms with Gasteiger partial charge in [0.2, 0.25) is 0 Å². The van der Waals surface area contributed by atoms with E-state index in [2.05, 4.69) is 38.1 Å². The van der Waals surface area contributed by atoms with Crippen molar-refractivity contribution < 1.29 is 19.1 Å². The summed E-state index contributed by atoms with van der Waals surface area (Å²) in [5, 5.41) is 21.3. The molecule has 0 radical (unpaired) electrons. The van der Waals surface area contributed by atoms with Gasteiger partial charge in [0.05, 0.1) is 28.6 Å². The number of likely N-dealkylation sites (tertiary alicyclic amines) is 1. The van der Waals surface area contributed by atoms with Crippen LogP contribution in [-0.2, 0) is 11.3 Å². The van der Waals surface area contributed by atoms with Gasteiger partial charge in [-0.15, -0.1) is 0 Å². The van der Waals surface area contributed by atoms with Gasteiger partial charge in [-0.05, 0) is 82.0 Å². The predicted molar refractivity (Wildman–Crippen MR) is 163 cm³/mol. The highest BCUT2D eigenvalue weighted by Crippen LogP contribution is 2.28. The van der Waals surface area contributed by atoms with Crippen LogP contribution in [-0.4, -0.2) is 63.6 Å². The van der Waals surface area contributed by atoms with Crippen LogP contribution >= 0.6 is 0 Å². The highest BCUT2D eigenvalue weighted by Gasteiger charge is 2.28. The van der Waals surface area contributed by atoms with Gasteiger partial charge >= 0.3 is 5.97 Å². The number of amides is 1. The second kappa shape index (κ2) is 14.5. The van der Waals surface area contributed by atoms with E-state index >= 15 is 0 Å². The average molecular weight is 585 g/mol. The number of halogens is 1. The van der Waals surface area contributed by atoms with Crippen molar-refractivity contribution in [1.29, 1.82) is 5.26 Å². The van der Waals surface area contributed by atoms with Gasteiger partial charge in [-0.25, -0.2) is 19.2 Å². The Kier molecular flexibility index (Phi) is 10.6. The van der Waals surface area contributed by atoms with Crippen LogP contribution in [0.1, 0.15) is 64.6 Å². The molecule has 0 spiro atoms. The van der Waals surface area contributed by atoms with E-state index in [4.69, 9.17) is 5.11 Å². The Morgan fingerprint density at radius 3 is 2.47 bits per heavy atom. The minimum absolute atomic E-state index is 0.137. The van der Waals surface area contributed by atoms with Gasteiger partial charge in [-0.1, -0.05) is 12.1 Å². The summed E-state index contributed by atoms with van der Waals surface area (Å²) >= 11 is 0. The normalized spacial score (nSPS) is 14.8. The van der Waals surface area contributed by atoms with Crippen LogP contribution in [0.4, 0.5) is 10.1 Å². The summed E-state index contributed by atoms with van der Waals surface area (Å²) in [6.07, 6.45) is 6.60. The molecule has 0 aliphatic carbocycles. The molecule has 3 aromatic rings. The molecule has 9 nitrogen and oxygen atoms in total. The lowest BCUT2D eigenvalue weighted by atomic mass is 9.98. The Balaban J connectivity index is 1.41. The van der Waals surface area contributed by atoms with Crippen LogP contribution < -0.4 is 10.2 Å². The summed E-state index contributed by atoms with van der Waals surface area (Å²) in [5.41, 5.74) is 4.37. The first-order valence-corrected chi connectivity index (χ1v) is 14.4. The molecule has 1 aliphatic heterocycles. The molecule has 2 aromatic carbocycles. The summed E-state index contributed by atoms with van der Waals surface area (Å²) in [7, 11) is 0. The van der Waals surface area contributed by atoms with Crippen molar-refractivity contribution >= 4 is 23.6 Å². The van der Waals surface area contributed by atoms with E-state index in [0.717, 1.165) is 49.7 Å². The van der Waals surface area contributed by atoms with Crippen molar-refractivity contribution in [2.45, 2.75) is 58.7 Å². The maximum absolute atomic E-state index is 14.8. The number of rotatable bonds is 11. The van der Waals surface area contributed by atoms with E-state index in [0.29, 0.717) is 41.2 Å². The molecule has 43 heavy (non-hydrogen) atoms. The molecule has 1 aromatic heterocycles. The van der Waals surface area contributed by atoms with Gasteiger partial charge in [0, 0.05) is 55.6 Å². The number of carbonyl (C=O) groups is 2. The minimum Gasteiger partial charge on any atom is -0.478 e. The van der Waals surface area contributed by atoms with Gasteiger partial charge in [0.15, 0.2) is 0 Å². The van der Waals surface area contributed by atoms with Crippen molar-refractivity contribution in [2.24, 2.45) is 0 Å². The standard InChI is InChI=1S/C33H37FN6O3/c1-22(12-15-36-33(43)32-23(2)37-21-38-24(32)3)39-16-13-29(14-17-39)40(20-27-18-26(19-35)6-10-30(27)34)28-8-4-25(5-9-28)7-11-31(41)42/h4-11,18,21-22,29H,12-17,20H2,1-3H3,(H,36,43)(H,41,42)/b11-7+. The molecule has 4 rings (SSSR count). The minimum atomic E-state index is -1.02. The Morgan fingerprint density at radius 1 is 1.16 bits per heavy atom. The van der Waals surface area contributed by atoms with E-state index < -0.39 is 5.97 Å². The number of aryl methyl sites for hydroxylation is 2. The molecule has 2 N–H and O–H groups in total. The fraction of sp³-hybridized carbons (Fsp3) is 0.364. The second-order valence-corrected chi connectivity index (χ2v) is 10.9. The Labute approximate surface area is 251 Å². The number of hydrogen-bond donors (Lipinski definition) is 2. The molecule has 224 valence electrons. The van der Waals surface area contributed by atoms with Crippen molar-refractivity contribution in [3.63, 3.8) is 0 Å². The van der Waals surface area contributed by atoms with Gasteiger partial charge in [0.25, 0.3) is 5.91 Å². The number of nitriles is 1. The number of aromatic nitrogens is 2. The zero-order valence-electron chi connectivity index (χ0n) is 24.8. The molecule has 1 saturated heterocycles. The molecule has 1 aliphatic rings. The quantitative estimate of drug-likeness (QED) is 0.306. The van der Waals surface area contributed by atoms with Crippen molar-refractivity contribution in [1.82, 2.24) is 20.2 Å². The van der Waals surface area contributed by atoms with Crippen molar-refractivity contribution in [3.8, 4) is 6.07 Å². The molecule has 0 bridgehead atoms. The molecule has 1 atom stereocenters. The van der Waals surface area contributed by atoms with Crippen LogP contribution in [0, 0.1) is 31.0 Å². The molecule has 1 amide bonds. The Hall–Kier alpha value is -4.62. The first-order chi connectivity index (χ1) is 20.7. The molecule has 2 heterocycles. The number of carboxylic acids is 1. The van der Waals surface area contributed by atoms with Crippen LogP contribution in [0.5, 0.6) is 0 Å². The first-order valence-electron chi connectivity index (χ1n) is 14.4. The van der Waals surface area contributed by atoms with Gasteiger partial charge in [-0.2, -0.15) is 5.26 Å². The zero-order chi connectivity index (χ0) is 30.9. The maximum atomic E-state index is 14.8. The molecular formula is C33H37FN6O3. The van der Waals surface area contributed by atoms with Crippen LogP contribution in [0.2, 0.25) is 0 Å². The van der Waals surface area contributed by atoms with Gasteiger partial charge in [-0.3, -0.25) is 4.79 Å². The smallest absolute Gasteiger partial charge is 0.328 e. The first kappa shape index (κ1) is 31.3. The molecular weight excluding hydrogens is 547 g/mol. The summed E-state index contributed by atoms with van der Waals surface area (Å²) in [4.78, 5) is 36.5.